The lowest BCUT2D eigenvalue weighted by molar-refractivity contribution is -0.273. The van der Waals surface area contributed by atoms with E-state index in [2.05, 4.69) is 20.3 Å². The number of benzene rings is 1. The molecular formula is C23H22F7N5. The molecule has 1 aliphatic carbocycles. The third-order valence-corrected chi connectivity index (χ3v) is 5.98. The first-order valence-electron chi connectivity index (χ1n) is 11.1. The van der Waals surface area contributed by atoms with Crippen LogP contribution in [0.5, 0.6) is 0 Å². The molecule has 0 amide bonds. The second-order valence-electron chi connectivity index (χ2n) is 8.49. The first kappa shape index (κ1) is 24.9. The van der Waals surface area contributed by atoms with Gasteiger partial charge in [-0.25, -0.2) is 19.3 Å². The summed E-state index contributed by atoms with van der Waals surface area (Å²) in [6, 6.07) is 1.91. The molecule has 0 atom stereocenters. The van der Waals surface area contributed by atoms with E-state index in [9.17, 15) is 30.7 Å². The van der Waals surface area contributed by atoms with E-state index in [-0.39, 0.29) is 27.5 Å². The summed E-state index contributed by atoms with van der Waals surface area (Å²) in [5.74, 6) is -0.146. The van der Waals surface area contributed by atoms with Gasteiger partial charge in [0, 0.05) is 18.3 Å². The highest BCUT2D eigenvalue weighted by atomic mass is 19.4. The van der Waals surface area contributed by atoms with Crippen LogP contribution in [0.3, 0.4) is 0 Å². The van der Waals surface area contributed by atoms with Crippen LogP contribution in [0.4, 0.5) is 36.7 Å². The molecule has 188 valence electrons. The van der Waals surface area contributed by atoms with Gasteiger partial charge in [0.25, 0.3) is 0 Å². The standard InChI is InChI=1S/C23H22F7N5/c24-16-8-6-15(7-9-16)18-19(35(13-33-18)20(22(25,26)27)23(28,29)30)17-10-11-31-21(34-17)32-12-14-4-2-1-3-5-14/h6-11,13-14,20H,1-5,12H2,(H,31,32,34). The quantitative estimate of drug-likeness (QED) is 0.378. The van der Waals surface area contributed by atoms with Crippen molar-refractivity contribution in [3.63, 3.8) is 0 Å². The van der Waals surface area contributed by atoms with Crippen LogP contribution in [-0.2, 0) is 0 Å². The van der Waals surface area contributed by atoms with Crippen molar-refractivity contribution in [2.75, 3.05) is 11.9 Å². The van der Waals surface area contributed by atoms with Crippen LogP contribution in [0, 0.1) is 11.7 Å². The van der Waals surface area contributed by atoms with Crippen molar-refractivity contribution in [2.24, 2.45) is 5.92 Å². The minimum absolute atomic E-state index is 0.0198. The van der Waals surface area contributed by atoms with Crippen LogP contribution in [-0.4, -0.2) is 38.4 Å². The van der Waals surface area contributed by atoms with E-state index in [4.69, 9.17) is 0 Å². The fourth-order valence-corrected chi connectivity index (χ4v) is 4.33. The summed E-state index contributed by atoms with van der Waals surface area (Å²) in [5.41, 5.74) is -0.736. The maximum atomic E-state index is 13.6. The van der Waals surface area contributed by atoms with E-state index in [0.29, 0.717) is 18.8 Å². The summed E-state index contributed by atoms with van der Waals surface area (Å²) in [5, 5.41) is 3.05. The lowest BCUT2D eigenvalue weighted by Crippen LogP contribution is -2.38. The van der Waals surface area contributed by atoms with Gasteiger partial charge in [0.15, 0.2) is 0 Å². The molecule has 35 heavy (non-hydrogen) atoms. The molecule has 1 N–H and O–H groups in total. The Morgan fingerprint density at radius 1 is 0.914 bits per heavy atom. The number of alkyl halides is 6. The predicted octanol–water partition coefficient (Wildman–Crippen LogP) is 6.80. The van der Waals surface area contributed by atoms with Crippen LogP contribution in [0.25, 0.3) is 22.6 Å². The minimum Gasteiger partial charge on any atom is -0.354 e. The molecule has 0 aliphatic heterocycles. The summed E-state index contributed by atoms with van der Waals surface area (Å²) in [7, 11) is 0. The monoisotopic (exact) mass is 501 g/mol. The normalized spacial score (nSPS) is 15.5. The SMILES string of the molecule is Fc1ccc(-c2ncn(C(C(F)(F)F)C(F)(F)F)c2-c2ccnc(NCC3CCCCC3)n2)cc1. The van der Waals surface area contributed by atoms with Gasteiger partial charge >= 0.3 is 12.4 Å². The molecule has 0 bridgehead atoms. The Hall–Kier alpha value is -3.18. The van der Waals surface area contributed by atoms with E-state index in [0.717, 1.165) is 44.2 Å². The van der Waals surface area contributed by atoms with Crippen LogP contribution >= 0.6 is 0 Å². The Kier molecular flexibility index (Phi) is 7.00. The Bertz CT molecular complexity index is 1120. The van der Waals surface area contributed by atoms with Crippen molar-refractivity contribution < 1.29 is 30.7 Å². The summed E-state index contributed by atoms with van der Waals surface area (Å²) in [6.45, 7) is 0.543. The molecule has 0 saturated heterocycles. The molecule has 5 nitrogen and oxygen atoms in total. The zero-order chi connectivity index (χ0) is 25.2. The Labute approximate surface area is 196 Å². The molecule has 2 heterocycles. The number of halogens is 7. The summed E-state index contributed by atoms with van der Waals surface area (Å²) in [4.78, 5) is 12.1. The average Bonchev–Trinajstić information content (AvgIpc) is 3.21. The molecular weight excluding hydrogens is 479 g/mol. The van der Waals surface area contributed by atoms with Gasteiger partial charge < -0.3 is 9.88 Å². The van der Waals surface area contributed by atoms with E-state index in [1.807, 2.05) is 0 Å². The minimum atomic E-state index is -5.65. The van der Waals surface area contributed by atoms with Gasteiger partial charge in [0.1, 0.15) is 5.82 Å². The van der Waals surface area contributed by atoms with Crippen molar-refractivity contribution in [2.45, 2.75) is 50.5 Å². The molecule has 1 aromatic carbocycles. The zero-order valence-corrected chi connectivity index (χ0v) is 18.4. The fourth-order valence-electron chi connectivity index (χ4n) is 4.33. The Morgan fingerprint density at radius 2 is 1.57 bits per heavy atom. The van der Waals surface area contributed by atoms with Crippen molar-refractivity contribution in [1.82, 2.24) is 19.5 Å². The van der Waals surface area contributed by atoms with Crippen LogP contribution in [0.15, 0.2) is 42.9 Å². The highest BCUT2D eigenvalue weighted by molar-refractivity contribution is 5.77. The topological polar surface area (TPSA) is 55.6 Å². The number of nitrogens with one attached hydrogen (secondary N) is 1. The van der Waals surface area contributed by atoms with Gasteiger partial charge in [-0.1, -0.05) is 19.3 Å². The van der Waals surface area contributed by atoms with Crippen molar-refractivity contribution in [3.05, 3.63) is 48.7 Å². The van der Waals surface area contributed by atoms with E-state index < -0.39 is 29.9 Å². The molecule has 0 unspecified atom stereocenters. The van der Waals surface area contributed by atoms with Crippen molar-refractivity contribution >= 4 is 5.95 Å². The van der Waals surface area contributed by atoms with Gasteiger partial charge in [-0.05, 0) is 49.1 Å². The largest absolute Gasteiger partial charge is 0.418 e. The molecule has 1 aliphatic rings. The molecule has 1 saturated carbocycles. The van der Waals surface area contributed by atoms with Gasteiger partial charge in [-0.3, -0.25) is 0 Å². The first-order valence-corrected chi connectivity index (χ1v) is 11.1. The van der Waals surface area contributed by atoms with E-state index in [1.54, 1.807) is 0 Å². The third-order valence-electron chi connectivity index (χ3n) is 5.98. The van der Waals surface area contributed by atoms with Gasteiger partial charge in [-0.15, -0.1) is 0 Å². The zero-order valence-electron chi connectivity index (χ0n) is 18.4. The summed E-state index contributed by atoms with van der Waals surface area (Å²) < 4.78 is 95.1. The van der Waals surface area contributed by atoms with Crippen LogP contribution < -0.4 is 5.32 Å². The number of hydrogen-bond donors (Lipinski definition) is 1. The Balaban J connectivity index is 1.78. The number of anilines is 1. The highest BCUT2D eigenvalue weighted by Gasteiger charge is 2.58. The first-order chi connectivity index (χ1) is 16.5. The van der Waals surface area contributed by atoms with Gasteiger partial charge in [-0.2, -0.15) is 26.3 Å². The smallest absolute Gasteiger partial charge is 0.354 e. The molecule has 0 radical (unpaired) electrons. The molecule has 0 spiro atoms. The van der Waals surface area contributed by atoms with Gasteiger partial charge in [0.05, 0.1) is 23.4 Å². The van der Waals surface area contributed by atoms with E-state index >= 15 is 0 Å². The fraction of sp³-hybridized carbons (Fsp3) is 0.435. The Morgan fingerprint density at radius 3 is 2.20 bits per heavy atom. The lowest BCUT2D eigenvalue weighted by Gasteiger charge is -2.26. The average molecular weight is 501 g/mol. The van der Waals surface area contributed by atoms with Crippen LogP contribution in [0.1, 0.15) is 38.1 Å². The highest BCUT2D eigenvalue weighted by Crippen LogP contribution is 2.46. The van der Waals surface area contributed by atoms with E-state index in [1.165, 1.54) is 24.4 Å². The second kappa shape index (κ2) is 9.82. The molecule has 12 heteroatoms. The lowest BCUT2D eigenvalue weighted by atomic mass is 9.89. The number of hydrogen-bond acceptors (Lipinski definition) is 4. The summed E-state index contributed by atoms with van der Waals surface area (Å²) in [6.07, 6.45) is -4.15. The number of imidazole rings is 1. The number of nitrogens with zero attached hydrogens (tertiary/aromatic N) is 4. The molecule has 3 aromatic rings. The summed E-state index contributed by atoms with van der Waals surface area (Å²) >= 11 is 0. The maximum Gasteiger partial charge on any atom is 0.418 e. The molecule has 4 rings (SSSR count). The van der Waals surface area contributed by atoms with Crippen LogP contribution in [0.2, 0.25) is 0 Å². The number of aromatic nitrogens is 4. The van der Waals surface area contributed by atoms with Crippen molar-refractivity contribution in [1.29, 1.82) is 0 Å². The number of rotatable bonds is 6. The van der Waals surface area contributed by atoms with Crippen molar-refractivity contribution in [3.8, 4) is 22.6 Å². The maximum absolute atomic E-state index is 13.6. The van der Waals surface area contributed by atoms with Gasteiger partial charge in [0.2, 0.25) is 12.0 Å². The molecule has 2 aromatic heterocycles. The third kappa shape index (κ3) is 5.73. The second-order valence-corrected chi connectivity index (χ2v) is 8.49. The predicted molar refractivity (Wildman–Crippen MR) is 115 cm³/mol. The molecule has 1 fully saturated rings.